The van der Waals surface area contributed by atoms with Gasteiger partial charge >= 0.3 is 0 Å². The summed E-state index contributed by atoms with van der Waals surface area (Å²) in [5, 5.41) is 13.5. The predicted molar refractivity (Wildman–Crippen MR) is 114 cm³/mol. The molecule has 0 radical (unpaired) electrons. The number of anilines is 3. The van der Waals surface area contributed by atoms with Crippen LogP contribution in [0, 0.1) is 10.1 Å². The minimum absolute atomic E-state index is 0.152. The molecule has 3 aromatic carbocycles. The van der Waals surface area contributed by atoms with Crippen molar-refractivity contribution in [2.24, 2.45) is 0 Å². The first-order valence-corrected chi connectivity index (χ1v) is 10.1. The molecule has 3 rings (SSSR count). The topological polar surface area (TPSA) is 110 Å². The van der Waals surface area contributed by atoms with Crippen molar-refractivity contribution in [3.05, 3.63) is 92.9 Å². The Labute approximate surface area is 176 Å². The summed E-state index contributed by atoms with van der Waals surface area (Å²) in [4.78, 5) is 22.9. The maximum Gasteiger partial charge on any atom is 0.271 e. The number of nitrogens with one attached hydrogen (secondary N) is 1. The van der Waals surface area contributed by atoms with Gasteiger partial charge in [-0.25, -0.2) is 12.7 Å². The highest BCUT2D eigenvalue weighted by Crippen LogP contribution is 2.28. The number of carbonyl (C=O) groups excluding carboxylic acids is 1. The molecule has 0 saturated heterocycles. The number of amides is 1. The number of carbonyl (C=O) groups is 1. The molecule has 148 valence electrons. The van der Waals surface area contributed by atoms with Gasteiger partial charge in [-0.2, -0.15) is 0 Å². The van der Waals surface area contributed by atoms with Gasteiger partial charge in [0.15, 0.2) is 0 Å². The Kier molecular flexibility index (Phi) is 6.25. The number of benzene rings is 3. The lowest BCUT2D eigenvalue weighted by Crippen LogP contribution is -2.16. The number of hydrogen-bond donors (Lipinski definition) is 2. The van der Waals surface area contributed by atoms with Crippen LogP contribution in [0.5, 0.6) is 0 Å². The maximum atomic E-state index is 12.6. The molecule has 10 heteroatoms. The standard InChI is InChI=1S/C19H14BrN3O5S/c20-14-7-9-16(10-8-14)22(29(27)28)17-5-1-3-13(11-17)19(24)21-15-4-2-6-18(12-15)23(25)26/h1-12,29H,(H,21,24). The number of halogens is 1. The first kappa shape index (κ1) is 20.5. The smallest absolute Gasteiger partial charge is 0.271 e. The Morgan fingerprint density at radius 3 is 2.31 bits per heavy atom. The zero-order valence-electron chi connectivity index (χ0n) is 14.7. The van der Waals surface area contributed by atoms with Crippen LogP contribution in [0.25, 0.3) is 0 Å². The molecule has 0 atom stereocenters. The molecule has 8 nitrogen and oxygen atoms in total. The number of rotatable bonds is 6. The first-order valence-electron chi connectivity index (χ1n) is 8.21. The van der Waals surface area contributed by atoms with E-state index >= 15 is 0 Å². The van der Waals surface area contributed by atoms with Crippen LogP contribution in [0.1, 0.15) is 10.4 Å². The van der Waals surface area contributed by atoms with Crippen molar-refractivity contribution < 1.29 is 18.1 Å². The number of non-ortho nitro benzene ring substituents is 1. The summed E-state index contributed by atoms with van der Waals surface area (Å²) in [5.74, 6) is -0.524. The molecule has 0 aromatic heterocycles. The largest absolute Gasteiger partial charge is 0.322 e. The fraction of sp³-hybridized carbons (Fsp3) is 0. The molecule has 1 N–H and O–H groups in total. The van der Waals surface area contributed by atoms with Crippen LogP contribution in [-0.4, -0.2) is 19.2 Å². The van der Waals surface area contributed by atoms with Crippen LogP contribution in [-0.2, 0) is 10.9 Å². The second-order valence-corrected chi connectivity index (χ2v) is 7.63. The third kappa shape index (κ3) is 4.98. The van der Waals surface area contributed by atoms with E-state index in [9.17, 15) is 23.3 Å². The zero-order valence-corrected chi connectivity index (χ0v) is 17.2. The Balaban J connectivity index is 1.89. The summed E-state index contributed by atoms with van der Waals surface area (Å²) < 4.78 is 25.6. The van der Waals surface area contributed by atoms with Crippen LogP contribution in [0.15, 0.2) is 77.3 Å². The van der Waals surface area contributed by atoms with E-state index in [0.29, 0.717) is 5.69 Å². The normalized spacial score (nSPS) is 10.6. The highest BCUT2D eigenvalue weighted by molar-refractivity contribution is 9.10. The van der Waals surface area contributed by atoms with Gasteiger partial charge in [-0.15, -0.1) is 0 Å². The number of hydrogen-bond acceptors (Lipinski definition) is 5. The predicted octanol–water partition coefficient (Wildman–Crippen LogP) is 4.27. The van der Waals surface area contributed by atoms with Gasteiger partial charge in [-0.3, -0.25) is 14.9 Å². The molecule has 0 aliphatic rings. The molecule has 0 aliphatic heterocycles. The minimum Gasteiger partial charge on any atom is -0.322 e. The average Bonchev–Trinajstić information content (AvgIpc) is 2.70. The molecule has 0 unspecified atom stereocenters. The molecular formula is C19H14BrN3O5S. The SMILES string of the molecule is O=C(Nc1cccc([N+](=O)[O-])c1)c1cccc(N(c2ccc(Br)cc2)[SH](=O)=O)c1. The van der Waals surface area contributed by atoms with Gasteiger partial charge in [0.05, 0.1) is 16.3 Å². The Hall–Kier alpha value is -3.24. The fourth-order valence-corrected chi connectivity index (χ4v) is 3.50. The number of thiol groups is 1. The molecule has 3 aromatic rings. The molecule has 0 saturated carbocycles. The van der Waals surface area contributed by atoms with Gasteiger partial charge in [0.2, 0.25) is 10.9 Å². The summed E-state index contributed by atoms with van der Waals surface area (Å²) in [7, 11) is -3.01. The van der Waals surface area contributed by atoms with Gasteiger partial charge in [0.25, 0.3) is 11.6 Å². The first-order chi connectivity index (χ1) is 13.8. The van der Waals surface area contributed by atoms with Crippen LogP contribution in [0.2, 0.25) is 0 Å². The van der Waals surface area contributed by atoms with E-state index in [4.69, 9.17) is 0 Å². The minimum atomic E-state index is -3.01. The van der Waals surface area contributed by atoms with Gasteiger partial charge in [-0.1, -0.05) is 28.1 Å². The Bertz CT molecular complexity index is 1140. The van der Waals surface area contributed by atoms with E-state index in [1.165, 1.54) is 36.4 Å². The fourth-order valence-electron chi connectivity index (χ4n) is 2.60. The Morgan fingerprint density at radius 2 is 1.66 bits per heavy atom. The summed E-state index contributed by atoms with van der Waals surface area (Å²) in [6.45, 7) is 0. The van der Waals surface area contributed by atoms with E-state index < -0.39 is 21.7 Å². The molecular weight excluding hydrogens is 462 g/mol. The third-order valence-corrected chi connectivity index (χ3v) is 5.22. The van der Waals surface area contributed by atoms with Gasteiger partial charge in [-0.05, 0) is 48.5 Å². The quantitative estimate of drug-likeness (QED) is 0.314. The molecule has 0 heterocycles. The van der Waals surface area contributed by atoms with Crippen molar-refractivity contribution in [3.8, 4) is 0 Å². The van der Waals surface area contributed by atoms with Crippen LogP contribution >= 0.6 is 15.9 Å². The number of nitro groups is 1. The lowest BCUT2D eigenvalue weighted by molar-refractivity contribution is -0.384. The molecule has 29 heavy (non-hydrogen) atoms. The van der Waals surface area contributed by atoms with Crippen molar-refractivity contribution in [1.82, 2.24) is 0 Å². The van der Waals surface area contributed by atoms with Crippen molar-refractivity contribution in [1.29, 1.82) is 0 Å². The zero-order chi connectivity index (χ0) is 21.0. The second kappa shape index (κ2) is 8.84. The molecule has 0 spiro atoms. The van der Waals surface area contributed by atoms with Crippen molar-refractivity contribution in [2.45, 2.75) is 0 Å². The van der Waals surface area contributed by atoms with E-state index in [1.807, 2.05) is 0 Å². The number of nitrogens with zero attached hydrogens (tertiary/aromatic N) is 2. The van der Waals surface area contributed by atoms with Crippen molar-refractivity contribution in [3.63, 3.8) is 0 Å². The van der Waals surface area contributed by atoms with E-state index in [1.54, 1.807) is 36.4 Å². The second-order valence-electron chi connectivity index (χ2n) is 5.84. The van der Waals surface area contributed by atoms with Crippen LogP contribution < -0.4 is 9.62 Å². The summed E-state index contributed by atoms with van der Waals surface area (Å²) in [6.07, 6.45) is 0. The van der Waals surface area contributed by atoms with Gasteiger partial charge < -0.3 is 5.32 Å². The average molecular weight is 476 g/mol. The van der Waals surface area contributed by atoms with Crippen molar-refractivity contribution >= 4 is 55.5 Å². The summed E-state index contributed by atoms with van der Waals surface area (Å²) in [5.41, 5.74) is 1.01. The van der Waals surface area contributed by atoms with Crippen LogP contribution in [0.3, 0.4) is 0 Å². The summed E-state index contributed by atoms with van der Waals surface area (Å²) in [6, 6.07) is 18.3. The highest BCUT2D eigenvalue weighted by Gasteiger charge is 2.15. The van der Waals surface area contributed by atoms with E-state index in [-0.39, 0.29) is 22.6 Å². The van der Waals surface area contributed by atoms with Crippen LogP contribution in [0.4, 0.5) is 22.7 Å². The maximum absolute atomic E-state index is 12.6. The van der Waals surface area contributed by atoms with Gasteiger partial charge in [0.1, 0.15) is 0 Å². The molecule has 0 bridgehead atoms. The number of nitro benzene ring substituents is 1. The van der Waals surface area contributed by atoms with Crippen molar-refractivity contribution in [2.75, 3.05) is 9.62 Å². The third-order valence-electron chi connectivity index (χ3n) is 3.90. The molecule has 0 aliphatic carbocycles. The molecule has 0 fully saturated rings. The highest BCUT2D eigenvalue weighted by atomic mass is 79.9. The van der Waals surface area contributed by atoms with Gasteiger partial charge in [0, 0.05) is 27.9 Å². The monoisotopic (exact) mass is 475 g/mol. The lowest BCUT2D eigenvalue weighted by Gasteiger charge is -2.18. The lowest BCUT2D eigenvalue weighted by atomic mass is 10.1. The van der Waals surface area contributed by atoms with E-state index in [0.717, 1.165) is 8.78 Å². The molecule has 1 amide bonds. The Morgan fingerprint density at radius 1 is 0.966 bits per heavy atom. The summed E-state index contributed by atoms with van der Waals surface area (Å²) >= 11 is 3.30. The van der Waals surface area contributed by atoms with E-state index in [2.05, 4.69) is 21.2 Å².